The van der Waals surface area contributed by atoms with E-state index in [2.05, 4.69) is 11.6 Å². The molecule has 0 atom stereocenters. The van der Waals surface area contributed by atoms with E-state index in [1.165, 1.54) is 10.5 Å². The van der Waals surface area contributed by atoms with Gasteiger partial charge in [-0.3, -0.25) is 4.31 Å². The lowest BCUT2D eigenvalue weighted by Gasteiger charge is -2.24. The predicted octanol–water partition coefficient (Wildman–Crippen LogP) is 4.20. The maximum absolute atomic E-state index is 13.0. The van der Waals surface area contributed by atoms with E-state index < -0.39 is 10.0 Å². The second-order valence-electron chi connectivity index (χ2n) is 5.44. The smallest absolute Gasteiger partial charge is 0.264 e. The summed E-state index contributed by atoms with van der Waals surface area (Å²) in [4.78, 5) is 4.24. The first kappa shape index (κ1) is 17.5. The molecule has 122 valence electrons. The van der Waals surface area contributed by atoms with Gasteiger partial charge in [0.15, 0.2) is 0 Å². The Morgan fingerprint density at radius 3 is 2.39 bits per heavy atom. The molecule has 0 spiro atoms. The molecule has 1 aromatic heterocycles. The van der Waals surface area contributed by atoms with Crippen LogP contribution in [0.15, 0.2) is 59.6 Å². The van der Waals surface area contributed by atoms with Crippen LogP contribution in [0.1, 0.15) is 18.9 Å². The van der Waals surface area contributed by atoms with Crippen molar-refractivity contribution in [2.24, 2.45) is 0 Å². The van der Waals surface area contributed by atoms with Gasteiger partial charge in [-0.15, -0.1) is 6.58 Å². The van der Waals surface area contributed by atoms with Gasteiger partial charge in [-0.1, -0.05) is 34.9 Å². The first-order valence-electron chi connectivity index (χ1n) is 7.16. The van der Waals surface area contributed by atoms with Gasteiger partial charge < -0.3 is 0 Å². The first-order chi connectivity index (χ1) is 10.8. The number of benzene rings is 1. The van der Waals surface area contributed by atoms with Crippen molar-refractivity contribution in [1.29, 1.82) is 0 Å². The van der Waals surface area contributed by atoms with E-state index in [1.807, 2.05) is 13.8 Å². The third-order valence-electron chi connectivity index (χ3n) is 3.35. The van der Waals surface area contributed by atoms with Crippen LogP contribution in [0, 0.1) is 6.92 Å². The summed E-state index contributed by atoms with van der Waals surface area (Å²) in [5, 5.41) is 0.321. The summed E-state index contributed by atoms with van der Waals surface area (Å²) in [5.41, 5.74) is 2.40. The maximum Gasteiger partial charge on any atom is 0.264 e. The van der Waals surface area contributed by atoms with Crippen molar-refractivity contribution in [3.8, 4) is 0 Å². The Hall–Kier alpha value is -1.85. The Balaban J connectivity index is 2.44. The predicted molar refractivity (Wildman–Crippen MR) is 94.4 cm³/mol. The monoisotopic (exact) mass is 350 g/mol. The van der Waals surface area contributed by atoms with Gasteiger partial charge in [0, 0.05) is 6.54 Å². The molecule has 0 saturated heterocycles. The summed E-state index contributed by atoms with van der Waals surface area (Å²) in [5.74, 6) is 0. The molecule has 0 aliphatic heterocycles. The number of aryl methyl sites for hydroxylation is 1. The summed E-state index contributed by atoms with van der Waals surface area (Å²) in [6, 6.07) is 10.0. The molecule has 2 rings (SSSR count). The highest BCUT2D eigenvalue weighted by Crippen LogP contribution is 2.25. The Kier molecular flexibility index (Phi) is 5.44. The normalized spacial score (nSPS) is 11.3. The minimum atomic E-state index is -3.67. The number of sulfonamides is 1. The lowest BCUT2D eigenvalue weighted by Crippen LogP contribution is -2.32. The van der Waals surface area contributed by atoms with Crippen molar-refractivity contribution in [2.45, 2.75) is 25.2 Å². The number of pyridine rings is 1. The lowest BCUT2D eigenvalue weighted by atomic mass is 10.2. The van der Waals surface area contributed by atoms with E-state index >= 15 is 0 Å². The number of hydrogen-bond acceptors (Lipinski definition) is 3. The number of halogens is 1. The second kappa shape index (κ2) is 7.15. The van der Waals surface area contributed by atoms with Gasteiger partial charge >= 0.3 is 0 Å². The van der Waals surface area contributed by atoms with Gasteiger partial charge in [-0.2, -0.15) is 0 Å². The minimum Gasteiger partial charge on any atom is -0.264 e. The van der Waals surface area contributed by atoms with Gasteiger partial charge in [-0.25, -0.2) is 13.4 Å². The number of rotatable bonds is 6. The molecule has 2 aromatic rings. The first-order valence-corrected chi connectivity index (χ1v) is 8.98. The van der Waals surface area contributed by atoms with Crippen LogP contribution in [0.2, 0.25) is 5.15 Å². The summed E-state index contributed by atoms with van der Waals surface area (Å²) in [7, 11) is -3.67. The Labute approximate surface area is 142 Å². The molecule has 0 radical (unpaired) electrons. The highest BCUT2D eigenvalue weighted by atomic mass is 35.5. The summed E-state index contributed by atoms with van der Waals surface area (Å²) < 4.78 is 27.3. The number of anilines is 1. The van der Waals surface area contributed by atoms with Crippen LogP contribution >= 0.6 is 11.6 Å². The van der Waals surface area contributed by atoms with Crippen LogP contribution in [0.25, 0.3) is 0 Å². The zero-order chi connectivity index (χ0) is 17.0. The highest BCUT2D eigenvalue weighted by Gasteiger charge is 2.24. The molecule has 0 unspecified atom stereocenters. The number of nitrogens with zero attached hydrogens (tertiary/aromatic N) is 2. The fourth-order valence-corrected chi connectivity index (χ4v) is 3.60. The SMILES string of the molecule is C=C(C)CCN(c1ccc(Cl)nc1)S(=O)(=O)c1ccc(C)cc1. The third-order valence-corrected chi connectivity index (χ3v) is 5.42. The average molecular weight is 351 g/mol. The van der Waals surface area contributed by atoms with E-state index in [0.29, 0.717) is 23.8 Å². The van der Waals surface area contributed by atoms with Gasteiger partial charge in [0.2, 0.25) is 0 Å². The van der Waals surface area contributed by atoms with E-state index in [-0.39, 0.29) is 4.90 Å². The van der Waals surface area contributed by atoms with Gasteiger partial charge in [-0.05, 0) is 44.5 Å². The van der Waals surface area contributed by atoms with Crippen LogP contribution in [0.3, 0.4) is 0 Å². The molecule has 0 saturated carbocycles. The lowest BCUT2D eigenvalue weighted by molar-refractivity contribution is 0.590. The molecular weight excluding hydrogens is 332 g/mol. The van der Waals surface area contributed by atoms with Crippen molar-refractivity contribution in [3.05, 3.63) is 65.5 Å². The molecule has 0 amide bonds. The molecule has 1 heterocycles. The number of aromatic nitrogens is 1. The number of hydrogen-bond donors (Lipinski definition) is 0. The molecule has 0 N–H and O–H groups in total. The fourth-order valence-electron chi connectivity index (χ4n) is 2.03. The Morgan fingerprint density at radius 2 is 1.87 bits per heavy atom. The van der Waals surface area contributed by atoms with E-state index in [1.54, 1.807) is 36.4 Å². The van der Waals surface area contributed by atoms with Crippen LogP contribution in [0.5, 0.6) is 0 Å². The van der Waals surface area contributed by atoms with Crippen molar-refractivity contribution < 1.29 is 8.42 Å². The van der Waals surface area contributed by atoms with Crippen molar-refractivity contribution in [2.75, 3.05) is 10.8 Å². The van der Waals surface area contributed by atoms with Crippen molar-refractivity contribution >= 4 is 27.3 Å². The van der Waals surface area contributed by atoms with Crippen LogP contribution in [0.4, 0.5) is 5.69 Å². The Morgan fingerprint density at radius 1 is 1.22 bits per heavy atom. The van der Waals surface area contributed by atoms with Crippen LogP contribution < -0.4 is 4.31 Å². The summed E-state index contributed by atoms with van der Waals surface area (Å²) >= 11 is 5.80. The third kappa shape index (κ3) is 4.33. The molecule has 0 aliphatic carbocycles. The zero-order valence-electron chi connectivity index (χ0n) is 13.2. The Bertz CT molecular complexity index is 784. The minimum absolute atomic E-state index is 0.250. The molecule has 4 nitrogen and oxygen atoms in total. The molecule has 0 fully saturated rings. The summed E-state index contributed by atoms with van der Waals surface area (Å²) in [6.07, 6.45) is 2.03. The topological polar surface area (TPSA) is 50.3 Å². The van der Waals surface area contributed by atoms with Crippen molar-refractivity contribution in [1.82, 2.24) is 4.98 Å². The molecule has 1 aromatic carbocycles. The van der Waals surface area contributed by atoms with Gasteiger partial charge in [0.1, 0.15) is 5.15 Å². The maximum atomic E-state index is 13.0. The van der Waals surface area contributed by atoms with E-state index in [4.69, 9.17) is 11.6 Å². The molecule has 23 heavy (non-hydrogen) atoms. The zero-order valence-corrected chi connectivity index (χ0v) is 14.7. The quantitative estimate of drug-likeness (QED) is 0.579. The van der Waals surface area contributed by atoms with Gasteiger partial charge in [0.25, 0.3) is 10.0 Å². The average Bonchev–Trinajstić information content (AvgIpc) is 2.49. The van der Waals surface area contributed by atoms with Gasteiger partial charge in [0.05, 0.1) is 16.8 Å². The second-order valence-corrected chi connectivity index (χ2v) is 7.69. The van der Waals surface area contributed by atoms with E-state index in [0.717, 1.165) is 11.1 Å². The molecular formula is C17H19ClN2O2S. The molecule has 6 heteroatoms. The van der Waals surface area contributed by atoms with Crippen LogP contribution in [-0.4, -0.2) is 19.9 Å². The molecule has 0 aliphatic rings. The molecule has 0 bridgehead atoms. The summed E-state index contributed by atoms with van der Waals surface area (Å²) in [6.45, 7) is 7.93. The van der Waals surface area contributed by atoms with Crippen molar-refractivity contribution in [3.63, 3.8) is 0 Å². The highest BCUT2D eigenvalue weighted by molar-refractivity contribution is 7.92. The van der Waals surface area contributed by atoms with E-state index in [9.17, 15) is 8.42 Å². The standard InChI is InChI=1S/C17H19ClN2O2S/c1-13(2)10-11-20(15-6-9-17(18)19-12-15)23(21,22)16-7-4-14(3)5-8-16/h4-9,12H,1,10-11H2,2-3H3. The van der Waals surface area contributed by atoms with Crippen LogP contribution in [-0.2, 0) is 10.0 Å². The fraction of sp³-hybridized carbons (Fsp3) is 0.235. The largest absolute Gasteiger partial charge is 0.264 e.